The standard InChI is InChI=1S/C9H10N2O.2C2H6/c1-3-5-7-8(4-2)10-6-11-9(7)12;2*1-2/h3-6H,1H2,2H3,(H,10,11,12);2*1-2H3/b7-5+,8-4+;;. The van der Waals surface area contributed by atoms with Crippen molar-refractivity contribution in [2.24, 2.45) is 0 Å². The lowest BCUT2D eigenvalue weighted by Gasteiger charge is -1.85. The molecule has 1 N–H and O–H groups in total. The fourth-order valence-electron chi connectivity index (χ4n) is 0.933. The van der Waals surface area contributed by atoms with Gasteiger partial charge in [0.05, 0.1) is 16.9 Å². The number of hydrogen-bond acceptors (Lipinski definition) is 2. The van der Waals surface area contributed by atoms with Gasteiger partial charge >= 0.3 is 0 Å². The van der Waals surface area contributed by atoms with Crippen LogP contribution in [-0.2, 0) is 0 Å². The second-order valence-electron chi connectivity index (χ2n) is 2.22. The number of H-pyrrole nitrogens is 1. The quantitative estimate of drug-likeness (QED) is 0.784. The number of aromatic nitrogens is 2. The molecule has 3 nitrogen and oxygen atoms in total. The van der Waals surface area contributed by atoms with Gasteiger partial charge in [0.2, 0.25) is 0 Å². The van der Waals surface area contributed by atoms with Crippen molar-refractivity contribution in [3.63, 3.8) is 0 Å². The Morgan fingerprint density at radius 3 is 2.31 bits per heavy atom. The zero-order valence-electron chi connectivity index (χ0n) is 10.9. The highest BCUT2D eigenvalue weighted by atomic mass is 16.1. The molecule has 0 aromatic carbocycles. The van der Waals surface area contributed by atoms with E-state index >= 15 is 0 Å². The summed E-state index contributed by atoms with van der Waals surface area (Å²) >= 11 is 0. The molecule has 0 saturated heterocycles. The second kappa shape index (κ2) is 11.4. The highest BCUT2D eigenvalue weighted by Gasteiger charge is 1.88. The van der Waals surface area contributed by atoms with E-state index in [0.29, 0.717) is 10.6 Å². The molecule has 0 amide bonds. The molecular formula is C13H22N2O. The fourth-order valence-corrected chi connectivity index (χ4v) is 0.933. The van der Waals surface area contributed by atoms with E-state index in [2.05, 4.69) is 16.5 Å². The Morgan fingerprint density at radius 1 is 1.31 bits per heavy atom. The minimum Gasteiger partial charge on any atom is -0.313 e. The van der Waals surface area contributed by atoms with Gasteiger partial charge in [-0.1, -0.05) is 46.4 Å². The van der Waals surface area contributed by atoms with Crippen LogP contribution in [0.4, 0.5) is 0 Å². The Labute approximate surface area is 97.3 Å². The van der Waals surface area contributed by atoms with Crippen molar-refractivity contribution in [2.45, 2.75) is 34.6 Å². The molecule has 1 aromatic rings. The largest absolute Gasteiger partial charge is 0.313 e. The van der Waals surface area contributed by atoms with Crippen molar-refractivity contribution < 1.29 is 0 Å². The van der Waals surface area contributed by atoms with Crippen molar-refractivity contribution in [1.29, 1.82) is 0 Å². The Hall–Kier alpha value is -1.64. The van der Waals surface area contributed by atoms with Gasteiger partial charge in [0.25, 0.3) is 5.56 Å². The van der Waals surface area contributed by atoms with Crippen molar-refractivity contribution in [1.82, 2.24) is 9.97 Å². The van der Waals surface area contributed by atoms with Crippen LogP contribution in [0, 0.1) is 0 Å². The molecule has 0 aliphatic carbocycles. The Kier molecular flexibility index (Phi) is 12.0. The Balaban J connectivity index is 0. The van der Waals surface area contributed by atoms with E-state index < -0.39 is 0 Å². The van der Waals surface area contributed by atoms with Gasteiger partial charge in [0.1, 0.15) is 0 Å². The van der Waals surface area contributed by atoms with Gasteiger partial charge in [-0.3, -0.25) is 4.79 Å². The second-order valence-corrected chi connectivity index (χ2v) is 2.22. The zero-order chi connectivity index (χ0) is 13.0. The molecule has 1 rings (SSSR count). The number of allylic oxidation sites excluding steroid dienone is 1. The molecule has 0 saturated carbocycles. The maximum absolute atomic E-state index is 11.2. The molecule has 16 heavy (non-hydrogen) atoms. The molecule has 1 heterocycles. The average Bonchev–Trinajstić information content (AvgIpc) is 2.37. The van der Waals surface area contributed by atoms with Crippen LogP contribution in [-0.4, -0.2) is 9.97 Å². The van der Waals surface area contributed by atoms with Crippen LogP contribution in [0.15, 0.2) is 23.8 Å². The summed E-state index contributed by atoms with van der Waals surface area (Å²) in [5, 5.41) is 1.23. The fraction of sp³-hybridized carbons (Fsp3) is 0.385. The zero-order valence-corrected chi connectivity index (χ0v) is 10.9. The van der Waals surface area contributed by atoms with E-state index in [4.69, 9.17) is 0 Å². The molecule has 0 aliphatic rings. The van der Waals surface area contributed by atoms with Gasteiger partial charge < -0.3 is 4.98 Å². The molecule has 90 valence electrons. The predicted octanol–water partition coefficient (Wildman–Crippen LogP) is 1.59. The number of hydrogen-bond donors (Lipinski definition) is 1. The molecule has 0 fully saturated rings. The summed E-state index contributed by atoms with van der Waals surface area (Å²) in [6.07, 6.45) is 6.38. The first-order valence-electron chi connectivity index (χ1n) is 5.62. The number of aromatic amines is 1. The maximum atomic E-state index is 11.2. The van der Waals surface area contributed by atoms with E-state index in [1.54, 1.807) is 18.2 Å². The predicted molar refractivity (Wildman–Crippen MR) is 71.6 cm³/mol. The normalized spacial score (nSPS) is 10.8. The highest BCUT2D eigenvalue weighted by molar-refractivity contribution is 5.35. The lowest BCUT2D eigenvalue weighted by atomic mass is 10.3. The molecule has 0 radical (unpaired) electrons. The van der Waals surface area contributed by atoms with Gasteiger partial charge in [-0.15, -0.1) is 0 Å². The van der Waals surface area contributed by atoms with Crippen molar-refractivity contribution >= 4 is 12.2 Å². The van der Waals surface area contributed by atoms with Gasteiger partial charge in [-0.05, 0) is 13.0 Å². The third-order valence-electron chi connectivity index (χ3n) is 1.48. The van der Waals surface area contributed by atoms with Crippen LogP contribution in [0.1, 0.15) is 34.6 Å². The van der Waals surface area contributed by atoms with Gasteiger partial charge in [-0.2, -0.15) is 0 Å². The monoisotopic (exact) mass is 222 g/mol. The highest BCUT2D eigenvalue weighted by Crippen LogP contribution is 1.60. The van der Waals surface area contributed by atoms with Crippen molar-refractivity contribution in [3.8, 4) is 0 Å². The Morgan fingerprint density at radius 2 is 1.88 bits per heavy atom. The summed E-state index contributed by atoms with van der Waals surface area (Å²) in [5.74, 6) is 0. The van der Waals surface area contributed by atoms with E-state index in [9.17, 15) is 4.79 Å². The maximum Gasteiger partial charge on any atom is 0.258 e. The third kappa shape index (κ3) is 5.29. The van der Waals surface area contributed by atoms with E-state index in [1.165, 1.54) is 6.33 Å². The summed E-state index contributed by atoms with van der Waals surface area (Å²) in [5.41, 5.74) is -0.141. The summed E-state index contributed by atoms with van der Waals surface area (Å²) in [6.45, 7) is 13.4. The average molecular weight is 222 g/mol. The van der Waals surface area contributed by atoms with Crippen LogP contribution < -0.4 is 16.1 Å². The van der Waals surface area contributed by atoms with Gasteiger partial charge in [-0.25, -0.2) is 4.98 Å². The minimum absolute atomic E-state index is 0.141. The first-order chi connectivity index (χ1) is 7.79. The molecule has 0 spiro atoms. The summed E-state index contributed by atoms with van der Waals surface area (Å²) in [7, 11) is 0. The van der Waals surface area contributed by atoms with E-state index in [-0.39, 0.29) is 5.56 Å². The number of rotatable bonds is 1. The van der Waals surface area contributed by atoms with Crippen LogP contribution >= 0.6 is 0 Å². The first-order valence-corrected chi connectivity index (χ1v) is 5.62. The van der Waals surface area contributed by atoms with Crippen LogP contribution in [0.25, 0.3) is 12.2 Å². The SMILES string of the molecule is C=C/C=c1/c(=O)[nH]cn/c1=C/C.CC.CC. The van der Waals surface area contributed by atoms with Crippen LogP contribution in [0.2, 0.25) is 0 Å². The molecule has 0 atom stereocenters. The van der Waals surface area contributed by atoms with Gasteiger partial charge in [0, 0.05) is 0 Å². The topological polar surface area (TPSA) is 45.8 Å². The summed E-state index contributed by atoms with van der Waals surface area (Å²) in [4.78, 5) is 17.7. The molecule has 3 heteroatoms. The van der Waals surface area contributed by atoms with Crippen molar-refractivity contribution in [3.05, 3.63) is 39.9 Å². The molecular weight excluding hydrogens is 200 g/mol. The number of nitrogens with one attached hydrogen (secondary N) is 1. The van der Waals surface area contributed by atoms with Crippen LogP contribution in [0.5, 0.6) is 0 Å². The smallest absolute Gasteiger partial charge is 0.258 e. The Bertz CT molecular complexity index is 444. The van der Waals surface area contributed by atoms with Crippen molar-refractivity contribution in [2.75, 3.05) is 0 Å². The van der Waals surface area contributed by atoms with Gasteiger partial charge in [0.15, 0.2) is 0 Å². The molecule has 1 aromatic heterocycles. The van der Waals surface area contributed by atoms with Crippen LogP contribution in [0.3, 0.4) is 0 Å². The van der Waals surface area contributed by atoms with E-state index in [0.717, 1.165) is 0 Å². The molecule has 0 aliphatic heterocycles. The lowest BCUT2D eigenvalue weighted by Crippen LogP contribution is -2.42. The number of nitrogens with zero attached hydrogens (tertiary/aromatic N) is 1. The first kappa shape index (κ1) is 16.8. The van der Waals surface area contributed by atoms with E-state index in [1.807, 2.05) is 34.6 Å². The summed E-state index contributed by atoms with van der Waals surface area (Å²) < 4.78 is 0. The lowest BCUT2D eigenvalue weighted by molar-refractivity contribution is 1.05. The molecule has 0 unspecified atom stereocenters. The summed E-state index contributed by atoms with van der Waals surface area (Å²) in [6, 6.07) is 0. The third-order valence-corrected chi connectivity index (χ3v) is 1.48. The minimum atomic E-state index is -0.141. The molecule has 0 bridgehead atoms.